The summed E-state index contributed by atoms with van der Waals surface area (Å²) < 4.78 is 10.7. The summed E-state index contributed by atoms with van der Waals surface area (Å²) in [6, 6.07) is 4.90. The molecule has 3 heterocycles. The molecule has 2 aliphatic heterocycles. The highest BCUT2D eigenvalue weighted by Gasteiger charge is 2.40. The van der Waals surface area contributed by atoms with Crippen LogP contribution in [0.3, 0.4) is 0 Å². The van der Waals surface area contributed by atoms with Gasteiger partial charge in [-0.3, -0.25) is 19.2 Å². The van der Waals surface area contributed by atoms with E-state index in [2.05, 4.69) is 16.8 Å². The number of anilines is 1. The first kappa shape index (κ1) is 31.6. The second-order valence-electron chi connectivity index (χ2n) is 10.8. The highest BCUT2D eigenvalue weighted by molar-refractivity contribution is 7.13. The maximum Gasteiger partial charge on any atom is 0.245 e. The summed E-state index contributed by atoms with van der Waals surface area (Å²) in [6.45, 7) is 7.47. The number of hydroxylamine groups is 2. The summed E-state index contributed by atoms with van der Waals surface area (Å²) >= 11 is 1.62. The van der Waals surface area contributed by atoms with Gasteiger partial charge in [-0.25, -0.2) is 10.0 Å². The molecule has 12 heteroatoms. The van der Waals surface area contributed by atoms with E-state index in [4.69, 9.17) is 14.3 Å². The number of amides is 3. The van der Waals surface area contributed by atoms with Gasteiger partial charge in [-0.15, -0.1) is 11.3 Å². The van der Waals surface area contributed by atoms with Crippen LogP contribution in [0.5, 0.6) is 11.5 Å². The highest BCUT2D eigenvalue weighted by atomic mass is 32.1. The lowest BCUT2D eigenvalue weighted by Gasteiger charge is -2.38. The fourth-order valence-electron chi connectivity index (χ4n) is 5.55. The first-order valence-electron chi connectivity index (χ1n) is 14.7. The number of methoxy groups -OCH3 is 2. The van der Waals surface area contributed by atoms with Gasteiger partial charge < -0.3 is 24.2 Å². The predicted molar refractivity (Wildman–Crippen MR) is 160 cm³/mol. The van der Waals surface area contributed by atoms with E-state index < -0.39 is 12.0 Å². The molecule has 0 N–H and O–H groups in total. The molecular weight excluding hydrogens is 558 g/mol. The predicted octanol–water partition coefficient (Wildman–Crippen LogP) is 3.50. The Kier molecular flexibility index (Phi) is 11.4. The third kappa shape index (κ3) is 7.71. The summed E-state index contributed by atoms with van der Waals surface area (Å²) in [4.78, 5) is 55.8. The normalized spacial score (nSPS) is 17.7. The van der Waals surface area contributed by atoms with E-state index >= 15 is 0 Å². The molecule has 2 aromatic rings. The maximum absolute atomic E-state index is 13.9. The van der Waals surface area contributed by atoms with Crippen LogP contribution in [0.25, 0.3) is 0 Å². The topological polar surface area (TPSA) is 105 Å². The van der Waals surface area contributed by atoms with Crippen LogP contribution in [0.1, 0.15) is 50.3 Å². The average molecular weight is 602 g/mol. The van der Waals surface area contributed by atoms with E-state index in [-0.39, 0.29) is 25.0 Å². The van der Waals surface area contributed by atoms with E-state index in [0.717, 1.165) is 48.7 Å². The molecule has 0 aliphatic carbocycles. The summed E-state index contributed by atoms with van der Waals surface area (Å²) in [6.07, 6.45) is 4.41. The Morgan fingerprint density at radius 2 is 1.95 bits per heavy atom. The quantitative estimate of drug-likeness (QED) is 0.239. The van der Waals surface area contributed by atoms with Crippen molar-refractivity contribution in [3.8, 4) is 11.5 Å². The second-order valence-corrected chi connectivity index (χ2v) is 11.6. The Morgan fingerprint density at radius 3 is 2.60 bits per heavy atom. The van der Waals surface area contributed by atoms with E-state index in [1.165, 1.54) is 5.06 Å². The molecule has 0 radical (unpaired) electrons. The van der Waals surface area contributed by atoms with Crippen molar-refractivity contribution in [3.63, 3.8) is 0 Å². The zero-order valence-electron chi connectivity index (χ0n) is 25.1. The van der Waals surface area contributed by atoms with Crippen LogP contribution in [0.15, 0.2) is 23.6 Å². The molecule has 0 bridgehead atoms. The van der Waals surface area contributed by atoms with Crippen LogP contribution in [-0.2, 0) is 25.8 Å². The number of rotatable bonds is 14. The standard InChI is InChI=1S/C30H43N5O6S/c1-5-6-8-23(18-34(21-36)41-19-24-10-11-25(39-3)17-27(24)40-4)28(37)35-12-7-9-26(35)29(38)32-13-15-33(16-14-32)30-31-22(2)20-42-30/h10-11,17,20-21,23,26H,5-9,12-16,18-19H2,1-4H3/t23-,26+/m1/s1. The lowest BCUT2D eigenvalue weighted by molar-refractivity contribution is -0.183. The minimum Gasteiger partial charge on any atom is -0.497 e. The largest absolute Gasteiger partial charge is 0.497 e. The van der Waals surface area contributed by atoms with Crippen molar-refractivity contribution in [1.82, 2.24) is 19.8 Å². The Bertz CT molecular complexity index is 1200. The van der Waals surface area contributed by atoms with Gasteiger partial charge in [-0.05, 0) is 38.3 Å². The first-order valence-corrected chi connectivity index (χ1v) is 15.6. The van der Waals surface area contributed by atoms with Crippen LogP contribution < -0.4 is 14.4 Å². The Morgan fingerprint density at radius 1 is 1.17 bits per heavy atom. The van der Waals surface area contributed by atoms with Crippen LogP contribution in [0.4, 0.5) is 5.13 Å². The monoisotopic (exact) mass is 601 g/mol. The highest BCUT2D eigenvalue weighted by Crippen LogP contribution is 2.28. The van der Waals surface area contributed by atoms with Gasteiger partial charge in [0.2, 0.25) is 18.2 Å². The van der Waals surface area contributed by atoms with Gasteiger partial charge in [0.05, 0.1) is 32.4 Å². The van der Waals surface area contributed by atoms with Gasteiger partial charge in [0, 0.05) is 49.7 Å². The van der Waals surface area contributed by atoms with Crippen molar-refractivity contribution in [2.45, 2.75) is 58.6 Å². The van der Waals surface area contributed by atoms with Gasteiger partial charge in [-0.2, -0.15) is 0 Å². The number of nitrogens with zero attached hydrogens (tertiary/aromatic N) is 5. The second kappa shape index (κ2) is 15.2. The molecule has 2 aliphatic rings. The van der Waals surface area contributed by atoms with Gasteiger partial charge in [0.15, 0.2) is 5.13 Å². The van der Waals surface area contributed by atoms with E-state index in [1.54, 1.807) is 42.6 Å². The van der Waals surface area contributed by atoms with Crippen LogP contribution in [0.2, 0.25) is 0 Å². The zero-order valence-corrected chi connectivity index (χ0v) is 25.9. The number of aromatic nitrogens is 1. The number of hydrogen-bond donors (Lipinski definition) is 0. The molecule has 0 unspecified atom stereocenters. The van der Waals surface area contributed by atoms with Gasteiger partial charge in [0.1, 0.15) is 24.1 Å². The number of unbranched alkanes of at least 4 members (excludes halogenated alkanes) is 1. The molecule has 0 spiro atoms. The smallest absolute Gasteiger partial charge is 0.245 e. The molecule has 11 nitrogen and oxygen atoms in total. The zero-order chi connectivity index (χ0) is 30.1. The van der Waals surface area contributed by atoms with Crippen molar-refractivity contribution in [2.24, 2.45) is 5.92 Å². The summed E-state index contributed by atoms with van der Waals surface area (Å²) in [5, 5.41) is 4.22. The number of likely N-dealkylation sites (tertiary alicyclic amines) is 1. The number of ether oxygens (including phenoxy) is 2. The molecule has 2 atom stereocenters. The molecular formula is C30H43N5O6S. The molecule has 3 amide bonds. The van der Waals surface area contributed by atoms with Crippen molar-refractivity contribution in [1.29, 1.82) is 0 Å². The fourth-order valence-corrected chi connectivity index (χ4v) is 6.40. The van der Waals surface area contributed by atoms with Crippen molar-refractivity contribution in [2.75, 3.05) is 58.4 Å². The van der Waals surface area contributed by atoms with E-state index in [0.29, 0.717) is 50.4 Å². The number of benzene rings is 1. The number of carbonyl (C=O) groups excluding carboxylic acids is 3. The third-order valence-corrected chi connectivity index (χ3v) is 8.96. The van der Waals surface area contributed by atoms with E-state index in [9.17, 15) is 14.4 Å². The third-order valence-electron chi connectivity index (χ3n) is 7.94. The fraction of sp³-hybridized carbons (Fsp3) is 0.600. The van der Waals surface area contributed by atoms with Crippen molar-refractivity contribution in [3.05, 3.63) is 34.8 Å². The summed E-state index contributed by atoms with van der Waals surface area (Å²) in [5.74, 6) is 0.694. The van der Waals surface area contributed by atoms with Gasteiger partial charge in [0.25, 0.3) is 0 Å². The molecule has 1 aromatic heterocycles. The Balaban J connectivity index is 1.37. The molecule has 4 rings (SSSR count). The van der Waals surface area contributed by atoms with Crippen LogP contribution in [-0.4, -0.2) is 97.6 Å². The summed E-state index contributed by atoms with van der Waals surface area (Å²) in [7, 11) is 3.14. The van der Waals surface area contributed by atoms with Gasteiger partial charge >= 0.3 is 0 Å². The minimum absolute atomic E-state index is 0.0140. The SMILES string of the molecule is CCCC[C@H](CN(C=O)OCc1ccc(OC)cc1OC)C(=O)N1CCC[C@H]1C(=O)N1CCN(c2nc(C)cs2)CC1. The lowest BCUT2D eigenvalue weighted by atomic mass is 9.99. The number of hydrogen-bond acceptors (Lipinski definition) is 9. The molecule has 1 aromatic carbocycles. The molecule has 2 saturated heterocycles. The molecule has 0 saturated carbocycles. The van der Waals surface area contributed by atoms with Crippen LogP contribution >= 0.6 is 11.3 Å². The molecule has 2 fully saturated rings. The average Bonchev–Trinajstić information content (AvgIpc) is 3.69. The van der Waals surface area contributed by atoms with E-state index in [1.807, 2.05) is 23.3 Å². The number of piperazine rings is 1. The van der Waals surface area contributed by atoms with Crippen molar-refractivity contribution >= 4 is 34.7 Å². The maximum atomic E-state index is 13.9. The Hall–Kier alpha value is -3.38. The first-order chi connectivity index (χ1) is 20.4. The van der Waals surface area contributed by atoms with Gasteiger partial charge in [-0.1, -0.05) is 19.8 Å². The number of carbonyl (C=O) groups is 3. The number of thiazole rings is 1. The lowest BCUT2D eigenvalue weighted by Crippen LogP contribution is -2.55. The molecule has 42 heavy (non-hydrogen) atoms. The number of aryl methyl sites for hydroxylation is 1. The Labute approximate surface area is 252 Å². The molecule has 230 valence electrons. The van der Waals surface area contributed by atoms with Crippen LogP contribution in [0, 0.1) is 12.8 Å². The summed E-state index contributed by atoms with van der Waals surface area (Å²) in [5.41, 5.74) is 1.75. The minimum atomic E-state index is -0.468. The van der Waals surface area contributed by atoms with Crippen molar-refractivity contribution < 1.29 is 28.7 Å².